The second-order valence-electron chi connectivity index (χ2n) is 0.901. The fraction of sp³-hybridized carbons (Fsp3) is 0.500. The van der Waals surface area contributed by atoms with Crippen molar-refractivity contribution >= 4 is 23.5 Å². The fourth-order valence-electron chi connectivity index (χ4n) is 0.244. The first-order valence-corrected chi connectivity index (χ1v) is 3.71. The van der Waals surface area contributed by atoms with Crippen LogP contribution in [0, 0.1) is 10.8 Å². The molecule has 0 saturated heterocycles. The lowest BCUT2D eigenvalue weighted by molar-refractivity contribution is 1.55. The van der Waals surface area contributed by atoms with Crippen molar-refractivity contribution in [2.75, 3.05) is 11.5 Å². The summed E-state index contributed by atoms with van der Waals surface area (Å²) in [7, 11) is 0. The molecule has 0 aromatic heterocycles. The van der Waals surface area contributed by atoms with Crippen LogP contribution in [-0.2, 0) is 0 Å². The Morgan fingerprint density at radius 3 is 1.67 bits per heavy atom. The van der Waals surface area contributed by atoms with Gasteiger partial charge in [0.1, 0.15) is 0 Å². The lowest BCUT2D eigenvalue weighted by Gasteiger charge is -1.95. The molecule has 0 unspecified atom stereocenters. The molecule has 1 aliphatic heterocycles. The molecule has 0 atom stereocenters. The highest BCUT2D eigenvalue weighted by Crippen LogP contribution is 2.14. The third-order valence-electron chi connectivity index (χ3n) is 0.473. The lowest BCUT2D eigenvalue weighted by Crippen LogP contribution is -1.82. The number of hydrogen-bond donors (Lipinski definition) is 0. The summed E-state index contributed by atoms with van der Waals surface area (Å²) >= 11 is 3.43. The van der Waals surface area contributed by atoms with Gasteiger partial charge in [-0.05, 0) is 0 Å². The van der Waals surface area contributed by atoms with E-state index in [9.17, 15) is 0 Å². The van der Waals surface area contributed by atoms with Gasteiger partial charge in [0.2, 0.25) is 0 Å². The Morgan fingerprint density at radius 1 is 1.00 bits per heavy atom. The van der Waals surface area contributed by atoms with Crippen molar-refractivity contribution in [3.63, 3.8) is 0 Å². The van der Waals surface area contributed by atoms with Crippen molar-refractivity contribution in [2.24, 2.45) is 0 Å². The van der Waals surface area contributed by atoms with E-state index in [-0.39, 0.29) is 0 Å². The molecule has 2 heteroatoms. The third-order valence-corrected chi connectivity index (χ3v) is 2.17. The quantitative estimate of drug-likeness (QED) is 0.471. The van der Waals surface area contributed by atoms with Crippen LogP contribution in [0.5, 0.6) is 0 Å². The van der Waals surface area contributed by atoms with Gasteiger partial charge in [0.25, 0.3) is 0 Å². The van der Waals surface area contributed by atoms with Crippen LogP contribution in [0.4, 0.5) is 0 Å². The fourth-order valence-corrected chi connectivity index (χ4v) is 1.59. The number of thioether (sulfide) groups is 2. The number of hydrogen-bond acceptors (Lipinski definition) is 2. The van der Waals surface area contributed by atoms with E-state index in [1.807, 2.05) is 0 Å². The molecule has 0 aromatic carbocycles. The second kappa shape index (κ2) is 2.59. The Balaban J connectivity index is 2.26. The van der Waals surface area contributed by atoms with Crippen molar-refractivity contribution in [1.29, 1.82) is 0 Å². The monoisotopic (exact) mass is 116 g/mol. The van der Waals surface area contributed by atoms with E-state index in [1.54, 1.807) is 23.5 Å². The number of rotatable bonds is 0. The van der Waals surface area contributed by atoms with Crippen LogP contribution in [0.1, 0.15) is 0 Å². The zero-order chi connectivity index (χ0) is 4.24. The van der Waals surface area contributed by atoms with Gasteiger partial charge in [-0.2, -0.15) is 0 Å². The first-order chi connectivity index (χ1) is 3.00. The highest BCUT2D eigenvalue weighted by molar-refractivity contribution is 8.07. The molecule has 0 nitrogen and oxygen atoms in total. The smallest absolute Gasteiger partial charge is 0.0368 e. The molecule has 1 heterocycles. The summed E-state index contributed by atoms with van der Waals surface area (Å²) < 4.78 is 0. The lowest BCUT2D eigenvalue weighted by atomic mass is 11.0. The van der Waals surface area contributed by atoms with E-state index in [2.05, 4.69) is 10.8 Å². The maximum absolute atomic E-state index is 2.91. The highest BCUT2D eigenvalue weighted by Gasteiger charge is 1.89. The van der Waals surface area contributed by atoms with E-state index in [4.69, 9.17) is 0 Å². The molecule has 2 radical (unpaired) electrons. The molecule has 1 aliphatic rings. The average Bonchev–Trinajstić information content (AvgIpc) is 1.72. The van der Waals surface area contributed by atoms with Crippen molar-refractivity contribution in [3.8, 4) is 0 Å². The van der Waals surface area contributed by atoms with Crippen LogP contribution in [0.15, 0.2) is 0 Å². The van der Waals surface area contributed by atoms with Gasteiger partial charge in [-0.15, -0.1) is 23.5 Å². The Bertz CT molecular complexity index is 50.6. The normalized spacial score (nSPS) is 21.3. The van der Waals surface area contributed by atoms with E-state index in [1.165, 1.54) is 11.5 Å². The van der Waals surface area contributed by atoms with Crippen LogP contribution in [0.2, 0.25) is 0 Å². The minimum absolute atomic E-state index is 1.21. The molecule has 0 fully saturated rings. The van der Waals surface area contributed by atoms with Gasteiger partial charge < -0.3 is 0 Å². The zero-order valence-corrected chi connectivity index (χ0v) is 4.86. The molecule has 6 heavy (non-hydrogen) atoms. The minimum atomic E-state index is 1.21. The van der Waals surface area contributed by atoms with Crippen LogP contribution >= 0.6 is 23.5 Å². The van der Waals surface area contributed by atoms with Gasteiger partial charge in [0.15, 0.2) is 0 Å². The topological polar surface area (TPSA) is 0 Å². The van der Waals surface area contributed by atoms with E-state index in [0.717, 1.165) is 0 Å². The van der Waals surface area contributed by atoms with E-state index >= 15 is 0 Å². The van der Waals surface area contributed by atoms with Crippen LogP contribution < -0.4 is 0 Å². The van der Waals surface area contributed by atoms with Crippen molar-refractivity contribution in [3.05, 3.63) is 10.8 Å². The minimum Gasteiger partial charge on any atom is -0.123 e. The molecule has 0 amide bonds. The van der Waals surface area contributed by atoms with Crippen LogP contribution in [0.3, 0.4) is 0 Å². The molecule has 32 valence electrons. The molecule has 0 aromatic rings. The Morgan fingerprint density at radius 2 is 1.50 bits per heavy atom. The summed E-state index contributed by atoms with van der Waals surface area (Å²) in [4.78, 5) is 0. The van der Waals surface area contributed by atoms with Gasteiger partial charge in [-0.3, -0.25) is 0 Å². The second-order valence-corrected chi connectivity index (χ2v) is 2.70. The SMILES string of the molecule is [C]1=[C]SCCS1. The molecule has 0 bridgehead atoms. The van der Waals surface area contributed by atoms with Crippen LogP contribution in [-0.4, -0.2) is 11.5 Å². The summed E-state index contributed by atoms with van der Waals surface area (Å²) in [6.07, 6.45) is 0. The molecule has 0 saturated carbocycles. The maximum atomic E-state index is 2.91. The molecule has 1 rings (SSSR count). The summed E-state index contributed by atoms with van der Waals surface area (Å²) in [5, 5.41) is 5.83. The Labute approximate surface area is 46.4 Å². The summed E-state index contributed by atoms with van der Waals surface area (Å²) in [5.41, 5.74) is 0. The predicted molar refractivity (Wildman–Crippen MR) is 31.4 cm³/mol. The summed E-state index contributed by atoms with van der Waals surface area (Å²) in [6, 6.07) is 0. The first kappa shape index (κ1) is 4.60. The summed E-state index contributed by atoms with van der Waals surface area (Å²) in [6.45, 7) is 0. The average molecular weight is 116 g/mol. The van der Waals surface area contributed by atoms with Gasteiger partial charge in [0.05, 0.1) is 0 Å². The summed E-state index contributed by atoms with van der Waals surface area (Å²) in [5.74, 6) is 2.41. The van der Waals surface area contributed by atoms with Crippen LogP contribution in [0.25, 0.3) is 0 Å². The zero-order valence-electron chi connectivity index (χ0n) is 3.23. The standard InChI is InChI=1S/C4H4S2/c1-2-6-4-3-5-1/h1-2H2. The molecular weight excluding hydrogens is 112 g/mol. The van der Waals surface area contributed by atoms with Crippen molar-refractivity contribution in [1.82, 2.24) is 0 Å². The molecular formula is C4H4S2. The third kappa shape index (κ3) is 1.27. The van der Waals surface area contributed by atoms with Gasteiger partial charge in [-0.1, -0.05) is 0 Å². The van der Waals surface area contributed by atoms with Crippen molar-refractivity contribution in [2.45, 2.75) is 0 Å². The van der Waals surface area contributed by atoms with E-state index < -0.39 is 0 Å². The molecule has 0 N–H and O–H groups in total. The first-order valence-electron chi connectivity index (χ1n) is 1.74. The largest absolute Gasteiger partial charge is 0.123 e. The predicted octanol–water partition coefficient (Wildman–Crippen LogP) is 1.54. The van der Waals surface area contributed by atoms with Crippen molar-refractivity contribution < 1.29 is 0 Å². The Hall–Kier alpha value is 0.440. The highest BCUT2D eigenvalue weighted by atomic mass is 32.2. The van der Waals surface area contributed by atoms with Gasteiger partial charge in [-0.25, -0.2) is 0 Å². The van der Waals surface area contributed by atoms with Gasteiger partial charge >= 0.3 is 0 Å². The molecule has 0 aliphatic carbocycles. The Kier molecular flexibility index (Phi) is 1.98. The molecule has 0 spiro atoms. The van der Waals surface area contributed by atoms with Gasteiger partial charge in [0, 0.05) is 22.3 Å². The maximum Gasteiger partial charge on any atom is 0.0368 e. The van der Waals surface area contributed by atoms with E-state index in [0.29, 0.717) is 0 Å².